The van der Waals surface area contributed by atoms with Gasteiger partial charge in [-0.2, -0.15) is 0 Å². The van der Waals surface area contributed by atoms with Gasteiger partial charge in [0, 0.05) is 20.2 Å². The molecule has 0 unspecified atom stereocenters. The Morgan fingerprint density at radius 3 is 2.62 bits per heavy atom. The first-order valence-corrected chi connectivity index (χ1v) is 7.77. The Hall–Kier alpha value is -1.33. The van der Waals surface area contributed by atoms with Gasteiger partial charge in [0.05, 0.1) is 19.2 Å². The molecular weight excluding hydrogens is 268 g/mol. The maximum Gasteiger partial charge on any atom is 0.236 e. The molecule has 1 saturated heterocycles. The lowest BCUT2D eigenvalue weighted by molar-refractivity contribution is -0.130. The molecule has 21 heavy (non-hydrogen) atoms. The number of hydrogen-bond donors (Lipinski definition) is 1. The van der Waals surface area contributed by atoms with Gasteiger partial charge in [-0.3, -0.25) is 10.1 Å². The Morgan fingerprint density at radius 1 is 1.33 bits per heavy atom. The van der Waals surface area contributed by atoms with Gasteiger partial charge in [-0.05, 0) is 31.9 Å². The summed E-state index contributed by atoms with van der Waals surface area (Å²) < 4.78 is 10.8. The molecule has 1 aromatic heterocycles. The van der Waals surface area contributed by atoms with Crippen LogP contribution in [0, 0.1) is 6.92 Å². The molecule has 1 aromatic rings. The molecule has 1 aliphatic heterocycles. The van der Waals surface area contributed by atoms with E-state index in [-0.39, 0.29) is 11.9 Å². The van der Waals surface area contributed by atoms with Crippen LogP contribution >= 0.6 is 0 Å². The predicted molar refractivity (Wildman–Crippen MR) is 81.1 cm³/mol. The van der Waals surface area contributed by atoms with E-state index in [1.54, 1.807) is 7.11 Å². The molecular formula is C16H26N2O3. The van der Waals surface area contributed by atoms with E-state index >= 15 is 0 Å². The number of amides is 1. The number of ether oxygens (including phenoxy) is 1. The highest BCUT2D eigenvalue weighted by Crippen LogP contribution is 2.17. The summed E-state index contributed by atoms with van der Waals surface area (Å²) in [6.07, 6.45) is 4.69. The summed E-state index contributed by atoms with van der Waals surface area (Å²) >= 11 is 0. The fourth-order valence-corrected chi connectivity index (χ4v) is 2.69. The summed E-state index contributed by atoms with van der Waals surface area (Å²) in [7, 11) is 1.65. The van der Waals surface area contributed by atoms with Gasteiger partial charge in [0.1, 0.15) is 11.5 Å². The molecule has 5 heteroatoms. The number of carbonyl (C=O) groups is 1. The number of rotatable bonds is 6. The zero-order chi connectivity index (χ0) is 15.1. The zero-order valence-corrected chi connectivity index (χ0v) is 13.1. The third-order valence-electron chi connectivity index (χ3n) is 3.90. The van der Waals surface area contributed by atoms with Crippen LogP contribution in [0.1, 0.15) is 43.2 Å². The van der Waals surface area contributed by atoms with E-state index in [0.717, 1.165) is 37.5 Å². The van der Waals surface area contributed by atoms with Crippen molar-refractivity contribution in [2.45, 2.75) is 38.6 Å². The molecule has 0 aromatic carbocycles. The maximum atomic E-state index is 12.3. The zero-order valence-electron chi connectivity index (χ0n) is 13.1. The van der Waals surface area contributed by atoms with Crippen LogP contribution in [0.3, 0.4) is 0 Å². The molecule has 0 radical (unpaired) electrons. The first-order chi connectivity index (χ1) is 10.2. The van der Waals surface area contributed by atoms with E-state index in [0.29, 0.717) is 13.2 Å². The van der Waals surface area contributed by atoms with Crippen molar-refractivity contribution in [1.82, 2.24) is 10.2 Å². The number of nitrogens with one attached hydrogen (secondary N) is 1. The second kappa shape index (κ2) is 8.20. The highest BCUT2D eigenvalue weighted by molar-refractivity contribution is 5.78. The predicted octanol–water partition coefficient (Wildman–Crippen LogP) is 2.27. The molecule has 1 atom stereocenters. The highest BCUT2D eigenvalue weighted by atomic mass is 16.5. The van der Waals surface area contributed by atoms with Gasteiger partial charge in [-0.25, -0.2) is 0 Å². The topological polar surface area (TPSA) is 54.7 Å². The van der Waals surface area contributed by atoms with Gasteiger partial charge < -0.3 is 14.1 Å². The molecule has 2 heterocycles. The smallest absolute Gasteiger partial charge is 0.236 e. The van der Waals surface area contributed by atoms with E-state index in [9.17, 15) is 4.79 Å². The fourth-order valence-electron chi connectivity index (χ4n) is 2.69. The minimum Gasteiger partial charge on any atom is -0.465 e. The Morgan fingerprint density at radius 2 is 2.05 bits per heavy atom. The van der Waals surface area contributed by atoms with Crippen LogP contribution in [0.4, 0.5) is 0 Å². The molecule has 2 rings (SSSR count). The van der Waals surface area contributed by atoms with Gasteiger partial charge in [0.25, 0.3) is 0 Å². The number of carbonyl (C=O) groups excluding carboxylic acids is 1. The van der Waals surface area contributed by atoms with E-state index in [1.807, 2.05) is 24.0 Å². The van der Waals surface area contributed by atoms with Crippen molar-refractivity contribution in [3.05, 3.63) is 23.7 Å². The molecule has 1 aliphatic rings. The largest absolute Gasteiger partial charge is 0.465 e. The summed E-state index contributed by atoms with van der Waals surface area (Å²) in [6, 6.07) is 3.78. The molecule has 1 amide bonds. The number of likely N-dealkylation sites (tertiary alicyclic amines) is 1. The summed E-state index contributed by atoms with van der Waals surface area (Å²) in [6.45, 7) is 4.49. The van der Waals surface area contributed by atoms with Crippen LogP contribution < -0.4 is 5.32 Å². The van der Waals surface area contributed by atoms with Crippen molar-refractivity contribution < 1.29 is 13.9 Å². The number of furan rings is 1. The van der Waals surface area contributed by atoms with Crippen molar-refractivity contribution in [2.75, 3.05) is 33.4 Å². The first kappa shape index (κ1) is 16.0. The quantitative estimate of drug-likeness (QED) is 0.874. The van der Waals surface area contributed by atoms with Crippen molar-refractivity contribution in [3.63, 3.8) is 0 Å². The lowest BCUT2D eigenvalue weighted by Crippen LogP contribution is -2.40. The molecule has 1 N–H and O–H groups in total. The van der Waals surface area contributed by atoms with Crippen molar-refractivity contribution in [1.29, 1.82) is 0 Å². The average molecular weight is 294 g/mol. The first-order valence-electron chi connectivity index (χ1n) is 7.77. The van der Waals surface area contributed by atoms with Crippen LogP contribution in [-0.2, 0) is 9.53 Å². The third-order valence-corrected chi connectivity index (χ3v) is 3.90. The van der Waals surface area contributed by atoms with Gasteiger partial charge in [-0.1, -0.05) is 12.8 Å². The van der Waals surface area contributed by atoms with Crippen LogP contribution in [-0.4, -0.2) is 44.2 Å². The minimum atomic E-state index is -0.0837. The van der Waals surface area contributed by atoms with Gasteiger partial charge in [0.2, 0.25) is 5.91 Å². The van der Waals surface area contributed by atoms with Crippen LogP contribution in [0.25, 0.3) is 0 Å². The monoisotopic (exact) mass is 294 g/mol. The Labute approximate surface area is 126 Å². The molecule has 0 spiro atoms. The van der Waals surface area contributed by atoms with Crippen molar-refractivity contribution in [2.24, 2.45) is 0 Å². The fraction of sp³-hybridized carbons (Fsp3) is 0.688. The summed E-state index contributed by atoms with van der Waals surface area (Å²) in [4.78, 5) is 14.3. The maximum absolute atomic E-state index is 12.3. The van der Waals surface area contributed by atoms with E-state index in [1.165, 1.54) is 12.8 Å². The SMILES string of the molecule is COC[C@H](NCC(=O)N1CCCCCC1)c1ccc(C)o1. The minimum absolute atomic E-state index is 0.0837. The molecule has 118 valence electrons. The lowest BCUT2D eigenvalue weighted by Gasteiger charge is -2.22. The number of aryl methyl sites for hydroxylation is 1. The van der Waals surface area contributed by atoms with Crippen molar-refractivity contribution in [3.8, 4) is 0 Å². The number of hydrogen-bond acceptors (Lipinski definition) is 4. The molecule has 0 saturated carbocycles. The summed E-state index contributed by atoms with van der Waals surface area (Å²) in [5.74, 6) is 1.85. The molecule has 1 fully saturated rings. The van der Waals surface area contributed by atoms with Crippen molar-refractivity contribution >= 4 is 5.91 Å². The van der Waals surface area contributed by atoms with E-state index < -0.39 is 0 Å². The number of nitrogens with zero attached hydrogens (tertiary/aromatic N) is 1. The third kappa shape index (κ3) is 4.86. The van der Waals surface area contributed by atoms with Gasteiger partial charge >= 0.3 is 0 Å². The van der Waals surface area contributed by atoms with Gasteiger partial charge in [0.15, 0.2) is 0 Å². The lowest BCUT2D eigenvalue weighted by atomic mass is 10.2. The molecule has 0 bridgehead atoms. The van der Waals surface area contributed by atoms with E-state index in [4.69, 9.17) is 9.15 Å². The molecule has 5 nitrogen and oxygen atoms in total. The van der Waals surface area contributed by atoms with E-state index in [2.05, 4.69) is 5.32 Å². The molecule has 0 aliphatic carbocycles. The van der Waals surface area contributed by atoms with Crippen LogP contribution in [0.5, 0.6) is 0 Å². The second-order valence-corrected chi connectivity index (χ2v) is 5.63. The van der Waals surface area contributed by atoms with Crippen LogP contribution in [0.15, 0.2) is 16.5 Å². The second-order valence-electron chi connectivity index (χ2n) is 5.63. The standard InChI is InChI=1S/C16H26N2O3/c1-13-7-8-15(21-13)14(12-20-2)17-11-16(19)18-9-5-3-4-6-10-18/h7-8,14,17H,3-6,9-12H2,1-2H3/t14-/m0/s1. The summed E-state index contributed by atoms with van der Waals surface area (Å²) in [5.41, 5.74) is 0. The Bertz CT molecular complexity index is 436. The highest BCUT2D eigenvalue weighted by Gasteiger charge is 2.19. The van der Waals surface area contributed by atoms with Crippen LogP contribution in [0.2, 0.25) is 0 Å². The Balaban J connectivity index is 1.87. The number of methoxy groups -OCH3 is 1. The normalized spacial score (nSPS) is 17.5. The average Bonchev–Trinajstić information content (AvgIpc) is 2.75. The Kier molecular flexibility index (Phi) is 6.26. The van der Waals surface area contributed by atoms with Gasteiger partial charge in [-0.15, -0.1) is 0 Å². The summed E-state index contributed by atoms with van der Waals surface area (Å²) in [5, 5.41) is 3.26.